The SMILES string of the molecule is CN1SN(CC2CC2)c2ccc(-c3cc(Oc4ccnc(C#N)c4)ccc3C#N)nc21. The summed E-state index contributed by atoms with van der Waals surface area (Å²) in [6, 6.07) is 16.8. The van der Waals surface area contributed by atoms with Gasteiger partial charge in [0.1, 0.15) is 23.3 Å². The van der Waals surface area contributed by atoms with E-state index in [9.17, 15) is 5.26 Å². The molecule has 0 atom stereocenters. The van der Waals surface area contributed by atoms with Gasteiger partial charge < -0.3 is 4.74 Å². The van der Waals surface area contributed by atoms with E-state index in [4.69, 9.17) is 15.0 Å². The van der Waals surface area contributed by atoms with Crippen LogP contribution in [0.2, 0.25) is 0 Å². The number of nitriles is 2. The van der Waals surface area contributed by atoms with Crippen LogP contribution in [0, 0.1) is 28.6 Å². The molecule has 1 aromatic carbocycles. The molecule has 8 heteroatoms. The Balaban J connectivity index is 1.48. The summed E-state index contributed by atoms with van der Waals surface area (Å²) >= 11 is 1.67. The van der Waals surface area contributed by atoms with Gasteiger partial charge in [0, 0.05) is 31.4 Å². The molecule has 2 aliphatic rings. The topological polar surface area (TPSA) is 89.1 Å². The summed E-state index contributed by atoms with van der Waals surface area (Å²) in [5, 5.41) is 18.7. The van der Waals surface area contributed by atoms with E-state index in [2.05, 4.69) is 25.7 Å². The molecule has 1 aliphatic heterocycles. The van der Waals surface area contributed by atoms with Crippen LogP contribution in [-0.2, 0) is 0 Å². The second-order valence-electron chi connectivity index (χ2n) is 7.53. The van der Waals surface area contributed by atoms with Gasteiger partial charge in [0.15, 0.2) is 5.82 Å². The van der Waals surface area contributed by atoms with Gasteiger partial charge in [0.25, 0.3) is 0 Å². The Morgan fingerprint density at radius 2 is 1.94 bits per heavy atom. The average molecular weight is 427 g/mol. The van der Waals surface area contributed by atoms with Crippen molar-refractivity contribution in [2.24, 2.45) is 5.92 Å². The molecule has 0 N–H and O–H groups in total. The lowest BCUT2D eigenvalue weighted by Gasteiger charge is -2.15. The number of nitrogens with zero attached hydrogens (tertiary/aromatic N) is 6. The molecular weight excluding hydrogens is 408 g/mol. The van der Waals surface area contributed by atoms with Crippen LogP contribution in [0.1, 0.15) is 24.1 Å². The summed E-state index contributed by atoms with van der Waals surface area (Å²) in [4.78, 5) is 8.83. The molecule has 5 rings (SSSR count). The van der Waals surface area contributed by atoms with E-state index in [1.807, 2.05) is 25.2 Å². The number of ether oxygens (including phenoxy) is 1. The molecule has 31 heavy (non-hydrogen) atoms. The number of hydrogen-bond donors (Lipinski definition) is 0. The monoisotopic (exact) mass is 426 g/mol. The van der Waals surface area contributed by atoms with Gasteiger partial charge in [-0.2, -0.15) is 10.5 Å². The summed E-state index contributed by atoms with van der Waals surface area (Å²) in [5.74, 6) is 2.74. The highest BCUT2D eigenvalue weighted by Crippen LogP contribution is 2.46. The number of pyridine rings is 2. The highest BCUT2D eigenvalue weighted by molar-refractivity contribution is 8.02. The Morgan fingerprint density at radius 1 is 1.10 bits per heavy atom. The second kappa shape index (κ2) is 7.82. The third kappa shape index (κ3) is 3.86. The van der Waals surface area contributed by atoms with E-state index >= 15 is 0 Å². The van der Waals surface area contributed by atoms with E-state index in [-0.39, 0.29) is 5.69 Å². The minimum atomic E-state index is 0.281. The molecule has 0 spiro atoms. The zero-order chi connectivity index (χ0) is 21.4. The molecule has 3 heterocycles. The number of aromatic nitrogens is 2. The zero-order valence-corrected chi connectivity index (χ0v) is 17.6. The largest absolute Gasteiger partial charge is 0.457 e. The number of fused-ring (bicyclic) bond motifs is 1. The number of anilines is 2. The normalized spacial score (nSPS) is 14.7. The number of benzene rings is 1. The predicted octanol–water partition coefficient (Wildman–Crippen LogP) is 4.91. The fraction of sp³-hybridized carbons (Fsp3) is 0.217. The number of rotatable bonds is 5. The summed E-state index contributed by atoms with van der Waals surface area (Å²) in [5.41, 5.74) is 3.33. The minimum Gasteiger partial charge on any atom is -0.457 e. The predicted molar refractivity (Wildman–Crippen MR) is 119 cm³/mol. The lowest BCUT2D eigenvalue weighted by Crippen LogP contribution is -2.16. The van der Waals surface area contributed by atoms with E-state index in [0.29, 0.717) is 28.3 Å². The maximum Gasteiger partial charge on any atom is 0.164 e. The van der Waals surface area contributed by atoms with Crippen molar-refractivity contribution in [3.05, 3.63) is 59.9 Å². The molecule has 0 saturated heterocycles. The zero-order valence-electron chi connectivity index (χ0n) is 16.8. The first-order valence-electron chi connectivity index (χ1n) is 9.93. The molecule has 1 fully saturated rings. The van der Waals surface area contributed by atoms with Gasteiger partial charge >= 0.3 is 0 Å². The van der Waals surface area contributed by atoms with Gasteiger partial charge in [-0.05, 0) is 55.2 Å². The van der Waals surface area contributed by atoms with Gasteiger partial charge in [-0.1, -0.05) is 0 Å². The van der Waals surface area contributed by atoms with Crippen LogP contribution in [0.5, 0.6) is 11.5 Å². The van der Waals surface area contributed by atoms with Crippen molar-refractivity contribution < 1.29 is 4.74 Å². The smallest absolute Gasteiger partial charge is 0.164 e. The maximum atomic E-state index is 9.64. The van der Waals surface area contributed by atoms with Crippen LogP contribution < -0.4 is 13.3 Å². The Hall–Kier alpha value is -3.75. The fourth-order valence-corrected chi connectivity index (χ4v) is 4.50. The summed E-state index contributed by atoms with van der Waals surface area (Å²) in [7, 11) is 2.01. The fourth-order valence-electron chi connectivity index (χ4n) is 3.48. The minimum absolute atomic E-state index is 0.281. The van der Waals surface area contributed by atoms with Crippen molar-refractivity contribution in [2.45, 2.75) is 12.8 Å². The van der Waals surface area contributed by atoms with Crippen molar-refractivity contribution >= 4 is 23.6 Å². The van der Waals surface area contributed by atoms with Crippen LogP contribution >= 0.6 is 12.1 Å². The van der Waals surface area contributed by atoms with Crippen molar-refractivity contribution in [3.8, 4) is 34.9 Å². The van der Waals surface area contributed by atoms with Gasteiger partial charge in [0.2, 0.25) is 0 Å². The van der Waals surface area contributed by atoms with Crippen molar-refractivity contribution in [1.82, 2.24) is 9.97 Å². The first-order chi connectivity index (χ1) is 15.1. The van der Waals surface area contributed by atoms with Crippen LogP contribution in [0.15, 0.2) is 48.7 Å². The summed E-state index contributed by atoms with van der Waals surface area (Å²) in [6.07, 6.45) is 4.13. The Kier molecular flexibility index (Phi) is 4.85. The summed E-state index contributed by atoms with van der Waals surface area (Å²) in [6.45, 7) is 1.03. The molecule has 152 valence electrons. The van der Waals surface area contributed by atoms with Crippen LogP contribution in [0.4, 0.5) is 11.5 Å². The van der Waals surface area contributed by atoms with Crippen LogP contribution in [0.25, 0.3) is 11.3 Å². The quantitative estimate of drug-likeness (QED) is 0.532. The molecule has 0 amide bonds. The lowest BCUT2D eigenvalue weighted by atomic mass is 10.0. The molecule has 0 unspecified atom stereocenters. The molecule has 0 radical (unpaired) electrons. The number of hydrogen-bond acceptors (Lipinski definition) is 8. The first-order valence-corrected chi connectivity index (χ1v) is 10.7. The molecular formula is C23H18N6OS. The maximum absolute atomic E-state index is 9.64. The molecule has 1 aliphatic carbocycles. The molecule has 0 bridgehead atoms. The average Bonchev–Trinajstić information content (AvgIpc) is 3.56. The Labute approximate surface area is 184 Å². The van der Waals surface area contributed by atoms with Crippen LogP contribution in [-0.4, -0.2) is 23.6 Å². The lowest BCUT2D eigenvalue weighted by molar-refractivity contribution is 0.482. The van der Waals surface area contributed by atoms with E-state index < -0.39 is 0 Å². The standard InChI is InChI=1S/C23H18N6OS/c1-28-23-22(29(31-28)14-15-2-3-15)7-6-21(27-23)20-11-18(5-4-16(20)12-24)30-19-8-9-26-17(10-19)13-25/h4-11,15H,2-3,14H2,1H3. The van der Waals surface area contributed by atoms with E-state index in [1.54, 1.807) is 36.4 Å². The highest BCUT2D eigenvalue weighted by atomic mass is 32.2. The summed E-state index contributed by atoms with van der Waals surface area (Å²) < 4.78 is 10.3. The Morgan fingerprint density at radius 3 is 2.71 bits per heavy atom. The first kappa shape index (κ1) is 19.2. The van der Waals surface area contributed by atoms with E-state index in [0.717, 1.165) is 24.0 Å². The highest BCUT2D eigenvalue weighted by Gasteiger charge is 2.32. The van der Waals surface area contributed by atoms with Gasteiger partial charge in [-0.15, -0.1) is 0 Å². The van der Waals surface area contributed by atoms with Gasteiger partial charge in [0.05, 0.1) is 35.1 Å². The van der Waals surface area contributed by atoms with Crippen molar-refractivity contribution in [3.63, 3.8) is 0 Å². The van der Waals surface area contributed by atoms with Crippen molar-refractivity contribution in [2.75, 3.05) is 22.2 Å². The third-order valence-corrected chi connectivity index (χ3v) is 6.19. The van der Waals surface area contributed by atoms with Crippen LogP contribution in [0.3, 0.4) is 0 Å². The molecule has 7 nitrogen and oxygen atoms in total. The Bertz CT molecular complexity index is 1240. The molecule has 1 saturated carbocycles. The van der Waals surface area contributed by atoms with Gasteiger partial charge in [-0.25, -0.2) is 9.97 Å². The van der Waals surface area contributed by atoms with Gasteiger partial charge in [-0.3, -0.25) is 8.61 Å². The second-order valence-corrected chi connectivity index (χ2v) is 8.68. The van der Waals surface area contributed by atoms with E-state index in [1.165, 1.54) is 19.0 Å². The molecule has 2 aromatic heterocycles. The van der Waals surface area contributed by atoms with Crippen molar-refractivity contribution in [1.29, 1.82) is 10.5 Å². The third-order valence-electron chi connectivity index (χ3n) is 5.23. The molecule has 3 aromatic rings.